The molecule has 0 amide bonds. The Bertz CT molecular complexity index is 396. The fourth-order valence-corrected chi connectivity index (χ4v) is 1.17. The summed E-state index contributed by atoms with van der Waals surface area (Å²) in [6.45, 7) is 0. The van der Waals surface area contributed by atoms with E-state index in [9.17, 15) is 14.9 Å². The van der Waals surface area contributed by atoms with Gasteiger partial charge in [-0.1, -0.05) is 0 Å². The summed E-state index contributed by atoms with van der Waals surface area (Å²) in [5.41, 5.74) is 0.193. The van der Waals surface area contributed by atoms with E-state index in [4.69, 9.17) is 5.02 Å². The van der Waals surface area contributed by atoms with Crippen molar-refractivity contribution in [3.8, 4) is 0 Å². The van der Waals surface area contributed by atoms with Gasteiger partial charge >= 0.3 is 85.1 Å². The molecule has 0 spiro atoms. The molecule has 0 aromatic rings. The molecule has 6 nitrogen and oxygen atoms in total. The van der Waals surface area contributed by atoms with Crippen molar-refractivity contribution in [2.24, 2.45) is 0 Å². The molecule has 0 radical (unpaired) electrons. The van der Waals surface area contributed by atoms with Crippen LogP contribution in [0.15, 0.2) is 23.4 Å². The Hall–Kier alpha value is -1.92. The molecule has 0 heterocycles. The van der Waals surface area contributed by atoms with Gasteiger partial charge in [-0.3, -0.25) is 0 Å². The number of rotatable bonds is 2. The van der Waals surface area contributed by atoms with E-state index >= 15 is 0 Å². The molecule has 0 saturated carbocycles. The number of hydrogen-bond donors (Lipinski definition) is 1. The van der Waals surface area contributed by atoms with E-state index in [0.29, 0.717) is 5.46 Å². The number of methoxy groups -OCH3 is 1. The van der Waals surface area contributed by atoms with Gasteiger partial charge in [-0.05, 0) is 0 Å². The van der Waals surface area contributed by atoms with Crippen LogP contribution in [0.3, 0.4) is 0 Å². The van der Waals surface area contributed by atoms with E-state index in [1.807, 2.05) is 0 Å². The van der Waals surface area contributed by atoms with Gasteiger partial charge in [0.05, 0.1) is 0 Å². The molecule has 0 unspecified atom stereocenters. The number of nitrogens with zero attached hydrogens (tertiary/aromatic N) is 1. The van der Waals surface area contributed by atoms with Crippen molar-refractivity contribution in [3.05, 3.63) is 33.5 Å². The van der Waals surface area contributed by atoms with Gasteiger partial charge in [0.25, 0.3) is 0 Å². The van der Waals surface area contributed by atoms with Crippen molar-refractivity contribution in [1.82, 2.24) is 0 Å². The number of allylic oxidation sites excluding steroid dienone is 2. The summed E-state index contributed by atoms with van der Waals surface area (Å²) in [6, 6.07) is 0. The predicted octanol–water partition coefficient (Wildman–Crippen LogP) is -0.566. The second-order valence-corrected chi connectivity index (χ2v) is 2.86. The maximum atomic E-state index is 11.1. The Balaban J connectivity index is 3.08. The van der Waals surface area contributed by atoms with Gasteiger partial charge in [-0.2, -0.15) is 0 Å². The number of carbonyl (C=O) groups excluding carboxylic acids is 1. The summed E-state index contributed by atoms with van der Waals surface area (Å²) in [7, 11) is 1.92. The summed E-state index contributed by atoms with van der Waals surface area (Å²) >= 11 is 0. The summed E-state index contributed by atoms with van der Waals surface area (Å²) in [5, 5.41) is 19.3. The molecule has 0 aromatic carbocycles. The Morgan fingerprint density at radius 2 is 2.33 bits per heavy atom. The second kappa shape index (κ2) is 4.54. The molecule has 1 N–H and O–H groups in total. The molecule has 0 aliphatic heterocycles. The molecule has 78 valence electrons. The summed E-state index contributed by atoms with van der Waals surface area (Å²) in [6.07, 6.45) is 2.47. The topological polar surface area (TPSA) is 89.7 Å². The Kier molecular flexibility index (Phi) is 3.38. The molecule has 1 aliphatic carbocycles. The number of ether oxygens (including phenoxy) is 1. The zero-order chi connectivity index (χ0) is 11.4. The predicted molar refractivity (Wildman–Crippen MR) is 52.8 cm³/mol. The van der Waals surface area contributed by atoms with Gasteiger partial charge in [0, 0.05) is 0 Å². The molecule has 1 rings (SSSR count). The third-order valence-corrected chi connectivity index (χ3v) is 1.87. The average Bonchev–Trinajstić information content (AvgIpc) is 2.27. The first-order chi connectivity index (χ1) is 7.08. The van der Waals surface area contributed by atoms with E-state index in [1.54, 1.807) is 0 Å². The molecule has 0 saturated heterocycles. The number of esters is 1. The fraction of sp³-hybridized carbons (Fsp3) is 0.250. The molecule has 1 aliphatic rings. The Morgan fingerprint density at radius 3 is 2.80 bits per heavy atom. The summed E-state index contributed by atoms with van der Waals surface area (Å²) in [4.78, 5) is 21.1. The quantitative estimate of drug-likeness (QED) is 0.284. The molecule has 7 heteroatoms. The van der Waals surface area contributed by atoms with Crippen molar-refractivity contribution in [2.45, 2.75) is 6.42 Å². The van der Waals surface area contributed by atoms with Gasteiger partial charge in [0.15, 0.2) is 0 Å². The number of carbonyl (C=O) groups is 1. The fourth-order valence-electron chi connectivity index (χ4n) is 1.17. The standard InChI is InChI=1S/C8H8BNO5/c1-15-8(11)5-2-6(9-12)4-7(3-5)10(13)14/h2-3,12H,4H2,1H3. The molecular formula is C8H8BNO5. The van der Waals surface area contributed by atoms with E-state index in [-0.39, 0.29) is 17.7 Å². The van der Waals surface area contributed by atoms with Crippen LogP contribution in [0.25, 0.3) is 0 Å². The Morgan fingerprint density at radius 1 is 1.67 bits per heavy atom. The van der Waals surface area contributed by atoms with Crippen molar-refractivity contribution in [1.29, 1.82) is 0 Å². The van der Waals surface area contributed by atoms with Crippen LogP contribution < -0.4 is 0 Å². The third kappa shape index (κ3) is 2.52. The van der Waals surface area contributed by atoms with Crippen LogP contribution in [0.4, 0.5) is 0 Å². The van der Waals surface area contributed by atoms with Crippen LogP contribution in [-0.4, -0.2) is 35.6 Å². The SMILES string of the molecule is COC(=O)C1=C/C(=B/O)CC([N+](=O)[O-])=C1. The molecule has 15 heavy (non-hydrogen) atoms. The first kappa shape index (κ1) is 11.2. The van der Waals surface area contributed by atoms with Crippen molar-refractivity contribution in [3.63, 3.8) is 0 Å². The first-order valence-corrected chi connectivity index (χ1v) is 4.06. The average molecular weight is 209 g/mol. The second-order valence-electron chi connectivity index (χ2n) is 2.86. The summed E-state index contributed by atoms with van der Waals surface area (Å²) < 4.78 is 4.43. The van der Waals surface area contributed by atoms with Crippen LogP contribution in [0.2, 0.25) is 0 Å². The molecule has 0 fully saturated rings. The molecule has 0 aromatic heterocycles. The molecule has 0 atom stereocenters. The third-order valence-electron chi connectivity index (χ3n) is 1.87. The molecular weight excluding hydrogens is 201 g/mol. The van der Waals surface area contributed by atoms with Crippen LogP contribution in [0.1, 0.15) is 6.42 Å². The molecule has 0 bridgehead atoms. The van der Waals surface area contributed by atoms with Crippen molar-refractivity contribution < 1.29 is 19.5 Å². The maximum absolute atomic E-state index is 11.1. The van der Waals surface area contributed by atoms with E-state index in [0.717, 1.165) is 13.2 Å². The van der Waals surface area contributed by atoms with Gasteiger partial charge < -0.3 is 0 Å². The van der Waals surface area contributed by atoms with Crippen LogP contribution in [0.5, 0.6) is 0 Å². The van der Waals surface area contributed by atoms with E-state index < -0.39 is 10.9 Å². The zero-order valence-electron chi connectivity index (χ0n) is 7.97. The van der Waals surface area contributed by atoms with Crippen LogP contribution in [-0.2, 0) is 9.53 Å². The first-order valence-electron chi connectivity index (χ1n) is 4.06. The minimum atomic E-state index is -0.673. The zero-order valence-corrected chi connectivity index (χ0v) is 7.97. The number of hydrogen-bond acceptors (Lipinski definition) is 5. The van der Waals surface area contributed by atoms with Crippen LogP contribution in [0, 0.1) is 10.1 Å². The monoisotopic (exact) mass is 209 g/mol. The van der Waals surface area contributed by atoms with Crippen molar-refractivity contribution in [2.75, 3.05) is 7.11 Å². The van der Waals surface area contributed by atoms with E-state index in [1.165, 1.54) is 13.2 Å². The Labute approximate surface area is 85.9 Å². The van der Waals surface area contributed by atoms with Gasteiger partial charge in [-0.15, -0.1) is 0 Å². The van der Waals surface area contributed by atoms with Crippen LogP contribution >= 0.6 is 0 Å². The normalized spacial score (nSPS) is 17.5. The van der Waals surface area contributed by atoms with Gasteiger partial charge in [0.2, 0.25) is 0 Å². The van der Waals surface area contributed by atoms with Crippen molar-refractivity contribution >= 4 is 18.6 Å². The van der Waals surface area contributed by atoms with E-state index in [2.05, 4.69) is 4.74 Å². The number of nitro groups is 1. The summed E-state index contributed by atoms with van der Waals surface area (Å²) in [5.74, 6) is -0.673. The minimum absolute atomic E-state index is 0.00993. The van der Waals surface area contributed by atoms with Gasteiger partial charge in [-0.25, -0.2) is 0 Å². The van der Waals surface area contributed by atoms with Gasteiger partial charge in [0.1, 0.15) is 0 Å².